The van der Waals surface area contributed by atoms with Crippen molar-refractivity contribution < 1.29 is 19.1 Å². The quantitative estimate of drug-likeness (QED) is 0.871. The zero-order valence-corrected chi connectivity index (χ0v) is 15.5. The van der Waals surface area contributed by atoms with Gasteiger partial charge < -0.3 is 19.9 Å². The van der Waals surface area contributed by atoms with E-state index in [-0.39, 0.29) is 24.8 Å². The van der Waals surface area contributed by atoms with Gasteiger partial charge in [-0.15, -0.1) is 0 Å². The van der Waals surface area contributed by atoms with Crippen LogP contribution in [-0.2, 0) is 9.53 Å². The summed E-state index contributed by atoms with van der Waals surface area (Å²) in [6, 6.07) is 5.22. The molecule has 0 spiro atoms. The van der Waals surface area contributed by atoms with Crippen molar-refractivity contribution >= 4 is 17.9 Å². The number of carbonyl (C=O) groups excluding carboxylic acids is 3. The molecule has 0 aliphatic carbocycles. The Morgan fingerprint density at radius 3 is 2.35 bits per heavy atom. The predicted octanol–water partition coefficient (Wildman–Crippen LogP) is 1.28. The first-order chi connectivity index (χ1) is 12.3. The number of alkyl carbamates (subject to hydrolysis) is 1. The molecule has 1 N–H and O–H groups in total. The van der Waals surface area contributed by atoms with Gasteiger partial charge in [-0.3, -0.25) is 14.6 Å². The molecule has 0 bridgehead atoms. The molecule has 3 amide bonds. The minimum absolute atomic E-state index is 0.0500. The first-order valence-corrected chi connectivity index (χ1v) is 8.71. The Labute approximate surface area is 153 Å². The zero-order chi connectivity index (χ0) is 19.2. The van der Waals surface area contributed by atoms with Gasteiger partial charge in [0, 0.05) is 45.3 Å². The number of nitrogens with one attached hydrogen (secondary N) is 1. The lowest BCUT2D eigenvalue weighted by molar-refractivity contribution is -0.132. The molecule has 1 saturated heterocycles. The van der Waals surface area contributed by atoms with Crippen molar-refractivity contribution in [2.45, 2.75) is 32.8 Å². The first kappa shape index (κ1) is 19.7. The molecule has 1 aliphatic heterocycles. The molecular formula is C18H26N4O4. The molecule has 142 valence electrons. The zero-order valence-electron chi connectivity index (χ0n) is 15.5. The van der Waals surface area contributed by atoms with Gasteiger partial charge in [0.15, 0.2) is 0 Å². The summed E-state index contributed by atoms with van der Waals surface area (Å²) >= 11 is 0. The predicted molar refractivity (Wildman–Crippen MR) is 95.6 cm³/mol. The largest absolute Gasteiger partial charge is 0.444 e. The maximum absolute atomic E-state index is 12.3. The molecular weight excluding hydrogens is 336 g/mol. The van der Waals surface area contributed by atoms with Gasteiger partial charge in [-0.2, -0.15) is 0 Å². The molecule has 8 nitrogen and oxygen atoms in total. The normalized spacial score (nSPS) is 14.7. The number of aromatic nitrogens is 1. The molecule has 0 unspecified atom stereocenters. The lowest BCUT2D eigenvalue weighted by atomic mass is 10.2. The van der Waals surface area contributed by atoms with Crippen LogP contribution in [0.5, 0.6) is 0 Å². The number of amides is 3. The first-order valence-electron chi connectivity index (χ1n) is 8.71. The van der Waals surface area contributed by atoms with E-state index in [1.807, 2.05) is 0 Å². The fourth-order valence-corrected chi connectivity index (χ4v) is 2.55. The molecule has 0 atom stereocenters. The van der Waals surface area contributed by atoms with E-state index in [2.05, 4.69) is 10.3 Å². The topological polar surface area (TPSA) is 91.8 Å². The molecule has 0 saturated carbocycles. The SMILES string of the molecule is CC(C)(C)OC(=O)NCCC(=O)N1CCN(C(=O)c2ccccn2)CC1. The summed E-state index contributed by atoms with van der Waals surface area (Å²) in [5, 5.41) is 2.58. The van der Waals surface area contributed by atoms with E-state index < -0.39 is 11.7 Å². The van der Waals surface area contributed by atoms with E-state index in [1.54, 1.807) is 55.0 Å². The van der Waals surface area contributed by atoms with Crippen LogP contribution in [0.1, 0.15) is 37.7 Å². The molecule has 26 heavy (non-hydrogen) atoms. The van der Waals surface area contributed by atoms with Gasteiger partial charge in [-0.1, -0.05) is 6.07 Å². The van der Waals surface area contributed by atoms with Crippen LogP contribution in [0.25, 0.3) is 0 Å². The van der Waals surface area contributed by atoms with E-state index in [4.69, 9.17) is 4.74 Å². The van der Waals surface area contributed by atoms with Crippen molar-refractivity contribution in [3.05, 3.63) is 30.1 Å². The summed E-state index contributed by atoms with van der Waals surface area (Å²) in [5.41, 5.74) is -0.154. The van der Waals surface area contributed by atoms with Crippen LogP contribution in [-0.4, -0.2) is 71.0 Å². The van der Waals surface area contributed by atoms with Crippen LogP contribution in [0.15, 0.2) is 24.4 Å². The number of pyridine rings is 1. The molecule has 8 heteroatoms. The van der Waals surface area contributed by atoms with Crippen LogP contribution in [0.4, 0.5) is 4.79 Å². The van der Waals surface area contributed by atoms with Crippen molar-refractivity contribution in [1.29, 1.82) is 0 Å². The molecule has 0 aromatic carbocycles. The highest BCUT2D eigenvalue weighted by atomic mass is 16.6. The monoisotopic (exact) mass is 362 g/mol. The Kier molecular flexibility index (Phi) is 6.54. The summed E-state index contributed by atoms with van der Waals surface area (Å²) in [7, 11) is 0. The highest BCUT2D eigenvalue weighted by Gasteiger charge is 2.25. The van der Waals surface area contributed by atoms with E-state index in [0.717, 1.165) is 0 Å². The Morgan fingerprint density at radius 2 is 1.77 bits per heavy atom. The maximum atomic E-state index is 12.3. The van der Waals surface area contributed by atoms with Crippen LogP contribution in [0.2, 0.25) is 0 Å². The van der Waals surface area contributed by atoms with Gasteiger partial charge in [0.25, 0.3) is 5.91 Å². The second-order valence-electron chi connectivity index (χ2n) is 7.07. The van der Waals surface area contributed by atoms with Gasteiger partial charge in [-0.05, 0) is 32.9 Å². The molecule has 1 aromatic heterocycles. The number of piperazine rings is 1. The fraction of sp³-hybridized carbons (Fsp3) is 0.556. The van der Waals surface area contributed by atoms with Crippen LogP contribution >= 0.6 is 0 Å². The molecule has 0 radical (unpaired) electrons. The number of rotatable bonds is 4. The van der Waals surface area contributed by atoms with Gasteiger partial charge in [-0.25, -0.2) is 4.79 Å². The van der Waals surface area contributed by atoms with Crippen molar-refractivity contribution in [3.8, 4) is 0 Å². The third kappa shape index (κ3) is 6.02. The number of hydrogen-bond donors (Lipinski definition) is 1. The maximum Gasteiger partial charge on any atom is 0.407 e. The number of ether oxygens (including phenoxy) is 1. The Morgan fingerprint density at radius 1 is 1.12 bits per heavy atom. The van der Waals surface area contributed by atoms with E-state index in [1.165, 1.54) is 0 Å². The highest BCUT2D eigenvalue weighted by Crippen LogP contribution is 2.09. The average molecular weight is 362 g/mol. The standard InChI is InChI=1S/C18H26N4O4/c1-18(2,3)26-17(25)20-9-7-15(23)21-10-12-22(13-11-21)16(24)14-6-4-5-8-19-14/h4-6,8H,7,9-13H2,1-3H3,(H,20,25). The van der Waals surface area contributed by atoms with E-state index in [0.29, 0.717) is 31.9 Å². The minimum Gasteiger partial charge on any atom is -0.444 e. The summed E-state index contributed by atoms with van der Waals surface area (Å²) in [4.78, 5) is 43.6. The van der Waals surface area contributed by atoms with Crippen molar-refractivity contribution in [3.63, 3.8) is 0 Å². The number of carbonyl (C=O) groups is 3. The Balaban J connectivity index is 1.71. The molecule has 1 fully saturated rings. The highest BCUT2D eigenvalue weighted by molar-refractivity contribution is 5.92. The third-order valence-electron chi connectivity index (χ3n) is 3.81. The second kappa shape index (κ2) is 8.64. The van der Waals surface area contributed by atoms with Crippen molar-refractivity contribution in [1.82, 2.24) is 20.1 Å². The van der Waals surface area contributed by atoms with Crippen LogP contribution < -0.4 is 5.32 Å². The minimum atomic E-state index is -0.565. The molecule has 1 aromatic rings. The van der Waals surface area contributed by atoms with E-state index in [9.17, 15) is 14.4 Å². The Hall–Kier alpha value is -2.64. The van der Waals surface area contributed by atoms with E-state index >= 15 is 0 Å². The summed E-state index contributed by atoms with van der Waals surface area (Å²) in [6.07, 6.45) is 1.26. The smallest absolute Gasteiger partial charge is 0.407 e. The van der Waals surface area contributed by atoms with Crippen LogP contribution in [0.3, 0.4) is 0 Å². The van der Waals surface area contributed by atoms with Crippen molar-refractivity contribution in [2.24, 2.45) is 0 Å². The number of hydrogen-bond acceptors (Lipinski definition) is 5. The number of nitrogens with zero attached hydrogens (tertiary/aromatic N) is 3. The van der Waals surface area contributed by atoms with Gasteiger partial charge >= 0.3 is 6.09 Å². The lowest BCUT2D eigenvalue weighted by Crippen LogP contribution is -2.51. The summed E-state index contributed by atoms with van der Waals surface area (Å²) < 4.78 is 5.12. The Bertz CT molecular complexity index is 634. The summed E-state index contributed by atoms with van der Waals surface area (Å²) in [5.74, 6) is -0.171. The van der Waals surface area contributed by atoms with Gasteiger partial charge in [0.2, 0.25) is 5.91 Å². The summed E-state index contributed by atoms with van der Waals surface area (Å²) in [6.45, 7) is 7.46. The third-order valence-corrected chi connectivity index (χ3v) is 3.81. The second-order valence-corrected chi connectivity index (χ2v) is 7.07. The lowest BCUT2D eigenvalue weighted by Gasteiger charge is -2.34. The fourth-order valence-electron chi connectivity index (χ4n) is 2.55. The van der Waals surface area contributed by atoms with Crippen molar-refractivity contribution in [2.75, 3.05) is 32.7 Å². The average Bonchev–Trinajstić information content (AvgIpc) is 2.60. The molecule has 1 aliphatic rings. The van der Waals surface area contributed by atoms with Gasteiger partial charge in [0.1, 0.15) is 11.3 Å². The van der Waals surface area contributed by atoms with Crippen LogP contribution in [0, 0.1) is 0 Å². The molecule has 2 heterocycles. The van der Waals surface area contributed by atoms with Gasteiger partial charge in [0.05, 0.1) is 0 Å². The molecule has 2 rings (SSSR count).